The van der Waals surface area contributed by atoms with Gasteiger partial charge in [-0.3, -0.25) is 0 Å². The Balaban J connectivity index is 2.36. The molecule has 0 heterocycles. The second kappa shape index (κ2) is 5.61. The highest BCUT2D eigenvalue weighted by Crippen LogP contribution is 2.31. The van der Waals surface area contributed by atoms with Gasteiger partial charge in [-0.2, -0.15) is 0 Å². The lowest BCUT2D eigenvalue weighted by Gasteiger charge is -2.19. The van der Waals surface area contributed by atoms with Crippen LogP contribution in [0.15, 0.2) is 23.1 Å². The summed E-state index contributed by atoms with van der Waals surface area (Å²) in [5.41, 5.74) is 1.44. The Kier molecular flexibility index (Phi) is 4.28. The normalized spacial score (nSPS) is 16.0. The Morgan fingerprint density at radius 1 is 1.37 bits per heavy atom. The molecule has 1 saturated carbocycles. The number of nitrogens with zero attached hydrogens (tertiary/aromatic N) is 1. The third-order valence-electron chi connectivity index (χ3n) is 3.60. The first kappa shape index (κ1) is 14.5. The van der Waals surface area contributed by atoms with E-state index in [4.69, 9.17) is 0 Å². The van der Waals surface area contributed by atoms with Gasteiger partial charge >= 0.3 is 0 Å². The standard InChI is InChI=1S/C14H21NO3S/c1-3-13-7-6-12(10-16)8-14(13)19(17,18)15(2)9-11-4-5-11/h6-8,11,16H,3-5,9-10H2,1-2H3. The molecule has 0 saturated heterocycles. The van der Waals surface area contributed by atoms with Crippen LogP contribution in [0.3, 0.4) is 0 Å². The summed E-state index contributed by atoms with van der Waals surface area (Å²) in [4.78, 5) is 0.338. The van der Waals surface area contributed by atoms with Crippen LogP contribution < -0.4 is 0 Å². The second-order valence-electron chi connectivity index (χ2n) is 5.18. The lowest BCUT2D eigenvalue weighted by Crippen LogP contribution is -2.29. The van der Waals surface area contributed by atoms with Crippen molar-refractivity contribution in [2.45, 2.75) is 37.7 Å². The Morgan fingerprint density at radius 2 is 2.05 bits per heavy atom. The van der Waals surface area contributed by atoms with Crippen molar-refractivity contribution in [2.24, 2.45) is 5.92 Å². The molecule has 0 aromatic heterocycles. The van der Waals surface area contributed by atoms with Gasteiger partial charge in [0, 0.05) is 13.6 Å². The molecule has 106 valence electrons. The summed E-state index contributed by atoms with van der Waals surface area (Å²) >= 11 is 0. The number of aliphatic hydroxyl groups is 1. The van der Waals surface area contributed by atoms with Crippen LogP contribution >= 0.6 is 0 Å². The van der Waals surface area contributed by atoms with Crippen molar-refractivity contribution in [1.82, 2.24) is 4.31 Å². The molecule has 2 rings (SSSR count). The first-order chi connectivity index (χ1) is 8.98. The Hall–Kier alpha value is -0.910. The van der Waals surface area contributed by atoms with Crippen LogP contribution in [0.25, 0.3) is 0 Å². The highest BCUT2D eigenvalue weighted by Gasteiger charge is 2.30. The van der Waals surface area contributed by atoms with E-state index in [1.165, 1.54) is 4.31 Å². The molecule has 0 radical (unpaired) electrons. The molecule has 5 heteroatoms. The maximum absolute atomic E-state index is 12.6. The van der Waals surface area contributed by atoms with E-state index in [1.807, 2.05) is 6.92 Å². The summed E-state index contributed by atoms with van der Waals surface area (Å²) < 4.78 is 26.6. The first-order valence-electron chi connectivity index (χ1n) is 6.68. The number of rotatable bonds is 6. The minimum atomic E-state index is -3.45. The minimum Gasteiger partial charge on any atom is -0.392 e. The fourth-order valence-corrected chi connectivity index (χ4v) is 3.75. The molecule has 0 bridgehead atoms. The Labute approximate surface area is 115 Å². The van der Waals surface area contributed by atoms with Gasteiger partial charge in [0.2, 0.25) is 10.0 Å². The highest BCUT2D eigenvalue weighted by molar-refractivity contribution is 7.89. The number of benzene rings is 1. The average Bonchev–Trinajstić information content (AvgIpc) is 3.21. The summed E-state index contributed by atoms with van der Waals surface area (Å²) in [6.45, 7) is 2.39. The second-order valence-corrected chi connectivity index (χ2v) is 7.20. The van der Waals surface area contributed by atoms with Crippen molar-refractivity contribution >= 4 is 10.0 Å². The Morgan fingerprint density at radius 3 is 2.58 bits per heavy atom. The number of aliphatic hydroxyl groups excluding tert-OH is 1. The van der Waals surface area contributed by atoms with E-state index < -0.39 is 10.0 Å². The van der Waals surface area contributed by atoms with Crippen molar-refractivity contribution in [3.8, 4) is 0 Å². The molecular formula is C14H21NO3S. The van der Waals surface area contributed by atoms with E-state index in [9.17, 15) is 13.5 Å². The summed E-state index contributed by atoms with van der Waals surface area (Å²) in [5.74, 6) is 0.519. The molecule has 0 spiro atoms. The Bertz CT molecular complexity index is 550. The monoisotopic (exact) mass is 283 g/mol. The van der Waals surface area contributed by atoms with Gasteiger partial charge < -0.3 is 5.11 Å². The van der Waals surface area contributed by atoms with Gasteiger partial charge in [0.25, 0.3) is 0 Å². The number of hydrogen-bond donors (Lipinski definition) is 1. The van der Waals surface area contributed by atoms with Gasteiger partial charge in [-0.25, -0.2) is 12.7 Å². The zero-order chi connectivity index (χ0) is 14.0. The fourth-order valence-electron chi connectivity index (χ4n) is 2.16. The van der Waals surface area contributed by atoms with Gasteiger partial charge in [0.05, 0.1) is 11.5 Å². The molecule has 1 aliphatic rings. The summed E-state index contributed by atoms with van der Waals surface area (Å²) in [6, 6.07) is 5.17. The molecule has 1 N–H and O–H groups in total. The topological polar surface area (TPSA) is 57.6 Å². The SMILES string of the molecule is CCc1ccc(CO)cc1S(=O)(=O)N(C)CC1CC1. The van der Waals surface area contributed by atoms with Crippen molar-refractivity contribution in [3.05, 3.63) is 29.3 Å². The molecule has 1 aliphatic carbocycles. The highest BCUT2D eigenvalue weighted by atomic mass is 32.2. The van der Waals surface area contributed by atoms with E-state index in [-0.39, 0.29) is 6.61 Å². The van der Waals surface area contributed by atoms with Crippen LogP contribution in [0.2, 0.25) is 0 Å². The van der Waals surface area contributed by atoms with Crippen molar-refractivity contribution in [3.63, 3.8) is 0 Å². The van der Waals surface area contributed by atoms with Crippen molar-refractivity contribution < 1.29 is 13.5 Å². The molecule has 19 heavy (non-hydrogen) atoms. The molecular weight excluding hydrogens is 262 g/mol. The predicted molar refractivity (Wildman–Crippen MR) is 74.3 cm³/mol. The van der Waals surface area contributed by atoms with Crippen molar-refractivity contribution in [1.29, 1.82) is 0 Å². The van der Waals surface area contributed by atoms with Crippen molar-refractivity contribution in [2.75, 3.05) is 13.6 Å². The smallest absolute Gasteiger partial charge is 0.243 e. The molecule has 0 amide bonds. The molecule has 0 unspecified atom stereocenters. The van der Waals surface area contributed by atoms with Crippen LogP contribution in [-0.4, -0.2) is 31.4 Å². The van der Waals surface area contributed by atoms with Crippen LogP contribution in [-0.2, 0) is 23.1 Å². The summed E-state index contributed by atoms with van der Waals surface area (Å²) in [6.07, 6.45) is 2.91. The van der Waals surface area contributed by atoms with Crippen LogP contribution in [0.4, 0.5) is 0 Å². The molecule has 1 aromatic rings. The number of sulfonamides is 1. The third-order valence-corrected chi connectivity index (χ3v) is 5.50. The van der Waals surface area contributed by atoms with E-state index in [2.05, 4.69) is 0 Å². The largest absolute Gasteiger partial charge is 0.392 e. The van der Waals surface area contributed by atoms with Gasteiger partial charge in [-0.05, 0) is 42.4 Å². The van der Waals surface area contributed by atoms with Gasteiger partial charge in [-0.1, -0.05) is 19.1 Å². The fraction of sp³-hybridized carbons (Fsp3) is 0.571. The van der Waals surface area contributed by atoms with Crippen LogP contribution in [0.1, 0.15) is 30.9 Å². The minimum absolute atomic E-state index is 0.140. The zero-order valence-corrected chi connectivity index (χ0v) is 12.3. The zero-order valence-electron chi connectivity index (χ0n) is 11.5. The third kappa shape index (κ3) is 3.16. The van der Waals surface area contributed by atoms with Crippen LogP contribution in [0, 0.1) is 5.92 Å². The summed E-state index contributed by atoms with van der Waals surface area (Å²) in [7, 11) is -1.81. The van der Waals surface area contributed by atoms with E-state index in [0.29, 0.717) is 29.3 Å². The molecule has 1 aromatic carbocycles. The van der Waals surface area contributed by atoms with Gasteiger partial charge in [0.1, 0.15) is 0 Å². The summed E-state index contributed by atoms with van der Waals surface area (Å²) in [5, 5.41) is 9.18. The maximum Gasteiger partial charge on any atom is 0.243 e. The lowest BCUT2D eigenvalue weighted by atomic mass is 10.1. The average molecular weight is 283 g/mol. The first-order valence-corrected chi connectivity index (χ1v) is 8.12. The van der Waals surface area contributed by atoms with E-state index in [0.717, 1.165) is 18.4 Å². The van der Waals surface area contributed by atoms with Gasteiger partial charge in [-0.15, -0.1) is 0 Å². The molecule has 0 aliphatic heterocycles. The van der Waals surface area contributed by atoms with E-state index >= 15 is 0 Å². The molecule has 0 atom stereocenters. The molecule has 1 fully saturated rings. The predicted octanol–water partition coefficient (Wildman–Crippen LogP) is 1.77. The molecule has 4 nitrogen and oxygen atoms in total. The lowest BCUT2D eigenvalue weighted by molar-refractivity contribution is 0.281. The number of hydrogen-bond acceptors (Lipinski definition) is 3. The van der Waals surface area contributed by atoms with Gasteiger partial charge in [0.15, 0.2) is 0 Å². The van der Waals surface area contributed by atoms with Crippen LogP contribution in [0.5, 0.6) is 0 Å². The van der Waals surface area contributed by atoms with E-state index in [1.54, 1.807) is 25.2 Å². The number of aryl methyl sites for hydroxylation is 1. The quantitative estimate of drug-likeness (QED) is 0.865. The maximum atomic E-state index is 12.6.